The molecule has 27 heavy (non-hydrogen) atoms. The summed E-state index contributed by atoms with van der Waals surface area (Å²) >= 11 is 0. The fraction of sp³-hybridized carbons (Fsp3) is 0.250. The molecular formula is C20H22N4O3. The smallest absolute Gasteiger partial charge is 0.321 e. The molecule has 0 unspecified atom stereocenters. The van der Waals surface area contributed by atoms with Crippen LogP contribution in [0.1, 0.15) is 33.2 Å². The number of nitrogens with zero attached hydrogens (tertiary/aromatic N) is 1. The number of aryl methyl sites for hydroxylation is 1. The first-order valence-electron chi connectivity index (χ1n) is 8.85. The van der Waals surface area contributed by atoms with Crippen molar-refractivity contribution in [1.82, 2.24) is 10.6 Å². The number of carbonyl (C=O) groups excluding carboxylic acids is 3. The maximum absolute atomic E-state index is 12.6. The molecule has 0 radical (unpaired) electrons. The average Bonchev–Trinajstić information content (AvgIpc) is 3.09. The van der Waals surface area contributed by atoms with E-state index in [2.05, 4.69) is 16.0 Å². The number of urea groups is 1. The van der Waals surface area contributed by atoms with Crippen molar-refractivity contribution in [2.24, 2.45) is 0 Å². The third kappa shape index (κ3) is 4.08. The highest BCUT2D eigenvalue weighted by Gasteiger charge is 2.21. The van der Waals surface area contributed by atoms with Gasteiger partial charge in [0.2, 0.25) is 0 Å². The molecular weight excluding hydrogens is 344 g/mol. The fourth-order valence-corrected chi connectivity index (χ4v) is 2.87. The lowest BCUT2D eigenvalue weighted by molar-refractivity contribution is 0.0954. The van der Waals surface area contributed by atoms with Crippen molar-refractivity contribution >= 4 is 29.2 Å². The second kappa shape index (κ2) is 7.90. The number of rotatable bonds is 5. The van der Waals surface area contributed by atoms with E-state index in [-0.39, 0.29) is 17.8 Å². The zero-order valence-electron chi connectivity index (χ0n) is 15.3. The molecule has 0 spiro atoms. The molecule has 0 aromatic heterocycles. The number of amides is 4. The number of nitrogens with one attached hydrogen (secondary N) is 3. The molecule has 4 amide bonds. The lowest BCUT2D eigenvalue weighted by Crippen LogP contribution is -2.27. The monoisotopic (exact) mass is 366 g/mol. The summed E-state index contributed by atoms with van der Waals surface area (Å²) in [5.41, 5.74) is 3.17. The minimum absolute atomic E-state index is 0.134. The quantitative estimate of drug-likeness (QED) is 0.759. The Morgan fingerprint density at radius 2 is 1.78 bits per heavy atom. The minimum atomic E-state index is -0.274. The summed E-state index contributed by atoms with van der Waals surface area (Å²) in [6, 6.07) is 11.9. The number of benzene rings is 2. The van der Waals surface area contributed by atoms with Crippen molar-refractivity contribution in [3.63, 3.8) is 0 Å². The topological polar surface area (TPSA) is 90.5 Å². The SMILES string of the molecule is CCNC(=O)c1ccc(C)c(NC(=O)c2ccc(N3CCNC3=O)cc2)c1. The van der Waals surface area contributed by atoms with Crippen LogP contribution in [0.2, 0.25) is 0 Å². The first-order valence-corrected chi connectivity index (χ1v) is 8.85. The highest BCUT2D eigenvalue weighted by atomic mass is 16.2. The molecule has 3 N–H and O–H groups in total. The third-order valence-corrected chi connectivity index (χ3v) is 4.38. The lowest BCUT2D eigenvalue weighted by Gasteiger charge is -2.15. The molecule has 1 aliphatic rings. The van der Waals surface area contributed by atoms with Gasteiger partial charge in [-0.2, -0.15) is 0 Å². The van der Waals surface area contributed by atoms with Gasteiger partial charge in [0.25, 0.3) is 11.8 Å². The Hall–Kier alpha value is -3.35. The first kappa shape index (κ1) is 18.4. The maximum Gasteiger partial charge on any atom is 0.321 e. The molecule has 1 heterocycles. The van der Waals surface area contributed by atoms with E-state index in [4.69, 9.17) is 0 Å². The van der Waals surface area contributed by atoms with Crippen molar-refractivity contribution < 1.29 is 14.4 Å². The average molecular weight is 366 g/mol. The molecule has 7 nitrogen and oxygen atoms in total. The van der Waals surface area contributed by atoms with Gasteiger partial charge in [0.05, 0.1) is 0 Å². The van der Waals surface area contributed by atoms with Gasteiger partial charge < -0.3 is 16.0 Å². The Kier molecular flexibility index (Phi) is 5.40. The van der Waals surface area contributed by atoms with Crippen molar-refractivity contribution in [3.05, 3.63) is 59.2 Å². The summed E-state index contributed by atoms with van der Waals surface area (Å²) in [5.74, 6) is -0.454. The number of anilines is 2. The second-order valence-corrected chi connectivity index (χ2v) is 6.27. The Bertz CT molecular complexity index is 877. The zero-order chi connectivity index (χ0) is 19.4. The van der Waals surface area contributed by atoms with Crippen LogP contribution in [0.4, 0.5) is 16.2 Å². The van der Waals surface area contributed by atoms with Crippen LogP contribution in [0, 0.1) is 6.92 Å². The van der Waals surface area contributed by atoms with Gasteiger partial charge in [-0.1, -0.05) is 6.07 Å². The number of hydrogen-bond donors (Lipinski definition) is 3. The van der Waals surface area contributed by atoms with E-state index in [1.165, 1.54) is 0 Å². The van der Waals surface area contributed by atoms with Crippen molar-refractivity contribution in [1.29, 1.82) is 0 Å². The largest absolute Gasteiger partial charge is 0.352 e. The second-order valence-electron chi connectivity index (χ2n) is 6.27. The van der Waals surface area contributed by atoms with E-state index >= 15 is 0 Å². The van der Waals surface area contributed by atoms with Crippen LogP contribution in [0.15, 0.2) is 42.5 Å². The van der Waals surface area contributed by atoms with Gasteiger partial charge in [0.15, 0.2) is 0 Å². The predicted octanol–water partition coefficient (Wildman–Crippen LogP) is 2.53. The van der Waals surface area contributed by atoms with Crippen LogP contribution in [0.25, 0.3) is 0 Å². The molecule has 0 aliphatic carbocycles. The van der Waals surface area contributed by atoms with E-state index < -0.39 is 0 Å². The number of carbonyl (C=O) groups is 3. The molecule has 7 heteroatoms. The summed E-state index contributed by atoms with van der Waals surface area (Å²) in [4.78, 5) is 37.9. The Morgan fingerprint density at radius 3 is 2.41 bits per heavy atom. The number of hydrogen-bond acceptors (Lipinski definition) is 3. The Balaban J connectivity index is 1.74. The summed E-state index contributed by atoms with van der Waals surface area (Å²) in [5, 5.41) is 8.33. The molecule has 140 valence electrons. The predicted molar refractivity (Wildman–Crippen MR) is 104 cm³/mol. The van der Waals surface area contributed by atoms with Crippen LogP contribution in [0.3, 0.4) is 0 Å². The van der Waals surface area contributed by atoms with Crippen LogP contribution >= 0.6 is 0 Å². The van der Waals surface area contributed by atoms with Crippen LogP contribution in [-0.2, 0) is 0 Å². The van der Waals surface area contributed by atoms with Crippen molar-refractivity contribution in [2.75, 3.05) is 29.9 Å². The Morgan fingerprint density at radius 1 is 1.07 bits per heavy atom. The van der Waals surface area contributed by atoms with Crippen molar-refractivity contribution in [2.45, 2.75) is 13.8 Å². The molecule has 0 atom stereocenters. The van der Waals surface area contributed by atoms with Gasteiger partial charge in [-0.3, -0.25) is 14.5 Å². The molecule has 1 fully saturated rings. The maximum atomic E-state index is 12.6. The fourth-order valence-electron chi connectivity index (χ4n) is 2.87. The van der Waals surface area contributed by atoms with Crippen LogP contribution in [-0.4, -0.2) is 37.5 Å². The summed E-state index contributed by atoms with van der Waals surface area (Å²) in [7, 11) is 0. The standard InChI is InChI=1S/C20H22N4O3/c1-3-21-18(25)15-5-4-13(2)17(12-15)23-19(26)14-6-8-16(9-7-14)24-11-10-22-20(24)27/h4-9,12H,3,10-11H2,1-2H3,(H,21,25)(H,22,27)(H,23,26). The normalized spacial score (nSPS) is 13.3. The highest BCUT2D eigenvalue weighted by Crippen LogP contribution is 2.20. The molecule has 2 aromatic carbocycles. The van der Waals surface area contributed by atoms with E-state index in [0.717, 1.165) is 11.3 Å². The first-order chi connectivity index (χ1) is 13.0. The third-order valence-electron chi connectivity index (χ3n) is 4.38. The van der Waals surface area contributed by atoms with E-state index in [1.54, 1.807) is 47.4 Å². The zero-order valence-corrected chi connectivity index (χ0v) is 15.3. The highest BCUT2D eigenvalue weighted by molar-refractivity contribution is 6.06. The van der Waals surface area contributed by atoms with Gasteiger partial charge in [-0.25, -0.2) is 4.79 Å². The molecule has 0 saturated carbocycles. The summed E-state index contributed by atoms with van der Waals surface area (Å²) < 4.78 is 0. The van der Waals surface area contributed by atoms with Gasteiger partial charge >= 0.3 is 6.03 Å². The summed E-state index contributed by atoms with van der Waals surface area (Å²) in [6.45, 7) is 5.48. The molecule has 0 bridgehead atoms. The van der Waals surface area contributed by atoms with E-state index in [9.17, 15) is 14.4 Å². The van der Waals surface area contributed by atoms with Crippen LogP contribution in [0.5, 0.6) is 0 Å². The van der Waals surface area contributed by atoms with Gasteiger partial charge in [0.1, 0.15) is 0 Å². The van der Waals surface area contributed by atoms with E-state index in [1.807, 2.05) is 13.8 Å². The minimum Gasteiger partial charge on any atom is -0.352 e. The lowest BCUT2D eigenvalue weighted by atomic mass is 10.1. The summed E-state index contributed by atoms with van der Waals surface area (Å²) in [6.07, 6.45) is 0. The molecule has 2 aromatic rings. The van der Waals surface area contributed by atoms with Crippen molar-refractivity contribution in [3.8, 4) is 0 Å². The van der Waals surface area contributed by atoms with Gasteiger partial charge in [0, 0.05) is 42.1 Å². The molecule has 1 saturated heterocycles. The van der Waals surface area contributed by atoms with Gasteiger partial charge in [-0.15, -0.1) is 0 Å². The molecule has 3 rings (SSSR count). The van der Waals surface area contributed by atoms with E-state index in [0.29, 0.717) is 36.4 Å². The van der Waals surface area contributed by atoms with Crippen LogP contribution < -0.4 is 20.9 Å². The molecule has 1 aliphatic heterocycles. The van der Waals surface area contributed by atoms with Gasteiger partial charge in [-0.05, 0) is 55.8 Å². The Labute approximate surface area is 157 Å².